The van der Waals surface area contributed by atoms with E-state index in [1.165, 1.54) is 17.8 Å². The Hall–Kier alpha value is -1.45. The quantitative estimate of drug-likeness (QED) is 0.758. The van der Waals surface area contributed by atoms with Crippen molar-refractivity contribution in [2.45, 2.75) is 6.18 Å². The van der Waals surface area contributed by atoms with Crippen LogP contribution in [-0.4, -0.2) is 55.4 Å². The molecule has 1 aromatic rings. The molecule has 1 saturated heterocycles. The summed E-state index contributed by atoms with van der Waals surface area (Å²) in [6.45, 7) is 2.02. The number of nitrogens with zero attached hydrogens (tertiary/aromatic N) is 1. The van der Waals surface area contributed by atoms with Gasteiger partial charge in [-0.15, -0.1) is 11.8 Å². The largest absolute Gasteiger partial charge is 0.416 e. The van der Waals surface area contributed by atoms with Gasteiger partial charge in [-0.05, 0) is 18.2 Å². The van der Waals surface area contributed by atoms with E-state index in [0.717, 1.165) is 12.1 Å². The van der Waals surface area contributed by atoms with E-state index in [2.05, 4.69) is 5.32 Å². The Bertz CT molecular complexity index is 563. The van der Waals surface area contributed by atoms with E-state index in [1.54, 1.807) is 0 Å². The monoisotopic (exact) mass is 364 g/mol. The van der Waals surface area contributed by atoms with E-state index in [1.807, 2.05) is 4.90 Å². The van der Waals surface area contributed by atoms with Crippen LogP contribution >= 0.6 is 11.8 Å². The molecule has 0 saturated carbocycles. The molecule has 0 aromatic heterocycles. The average Bonchev–Trinajstić information content (AvgIpc) is 2.55. The van der Waals surface area contributed by atoms with Crippen LogP contribution in [0.2, 0.25) is 0 Å². The second-order valence-corrected chi connectivity index (χ2v) is 6.26. The number of carbonyl (C=O) groups excluding carboxylic acids is 1. The van der Waals surface area contributed by atoms with Gasteiger partial charge >= 0.3 is 6.18 Å². The number of nitrogens with one attached hydrogen (secondary N) is 1. The van der Waals surface area contributed by atoms with Gasteiger partial charge in [-0.3, -0.25) is 4.79 Å². The second-order valence-electron chi connectivity index (χ2n) is 5.15. The highest BCUT2D eigenvalue weighted by atomic mass is 32.2. The van der Waals surface area contributed by atoms with Crippen LogP contribution in [0.25, 0.3) is 0 Å². The predicted molar refractivity (Wildman–Crippen MR) is 87.5 cm³/mol. The Balaban J connectivity index is 2.21. The fraction of sp³-hybridized carbons (Fsp3) is 0.533. The van der Waals surface area contributed by atoms with Crippen molar-refractivity contribution in [3.05, 3.63) is 23.8 Å². The molecule has 0 atom stereocenters. The van der Waals surface area contributed by atoms with Crippen molar-refractivity contribution in [2.24, 2.45) is 0 Å². The molecular formula is C15H19F3N2O3S. The van der Waals surface area contributed by atoms with E-state index >= 15 is 0 Å². The molecule has 1 aromatic carbocycles. The Kier molecular flexibility index (Phi) is 6.76. The first kappa shape index (κ1) is 18.9. The second kappa shape index (κ2) is 8.59. The Morgan fingerprint density at radius 2 is 2.04 bits per heavy atom. The number of alkyl halides is 3. The number of halogens is 3. The first-order chi connectivity index (χ1) is 11.4. The van der Waals surface area contributed by atoms with Gasteiger partial charge in [0.15, 0.2) is 0 Å². The van der Waals surface area contributed by atoms with E-state index in [4.69, 9.17) is 9.84 Å². The van der Waals surface area contributed by atoms with Crippen molar-refractivity contribution in [1.82, 2.24) is 0 Å². The van der Waals surface area contributed by atoms with Gasteiger partial charge in [-0.2, -0.15) is 13.2 Å². The summed E-state index contributed by atoms with van der Waals surface area (Å²) in [5.41, 5.74) is -0.119. The average molecular weight is 364 g/mol. The third-order valence-corrected chi connectivity index (χ3v) is 4.36. The maximum absolute atomic E-state index is 12.9. The zero-order valence-electron chi connectivity index (χ0n) is 12.9. The minimum atomic E-state index is -4.48. The standard InChI is InChI=1S/C15H19F3N2O3S/c16-15(17,18)11-1-2-13(20-3-6-23-7-4-20)12(9-11)19-14(22)10-24-8-5-21/h1-2,9,21H,3-8,10H2,(H,19,22). The van der Waals surface area contributed by atoms with Gasteiger partial charge in [0.25, 0.3) is 0 Å². The normalized spacial score (nSPS) is 15.4. The summed E-state index contributed by atoms with van der Waals surface area (Å²) in [7, 11) is 0. The molecule has 0 bridgehead atoms. The lowest BCUT2D eigenvalue weighted by Gasteiger charge is -2.31. The number of thioether (sulfide) groups is 1. The number of aliphatic hydroxyl groups excluding tert-OH is 1. The van der Waals surface area contributed by atoms with Crippen molar-refractivity contribution < 1.29 is 27.8 Å². The van der Waals surface area contributed by atoms with Crippen LogP contribution in [0.4, 0.5) is 24.5 Å². The highest BCUT2D eigenvalue weighted by Crippen LogP contribution is 2.35. The van der Waals surface area contributed by atoms with E-state index in [9.17, 15) is 18.0 Å². The summed E-state index contributed by atoms with van der Waals surface area (Å²) < 4.78 is 44.1. The number of hydrogen-bond donors (Lipinski definition) is 2. The number of amides is 1. The molecule has 0 unspecified atom stereocenters. The fourth-order valence-electron chi connectivity index (χ4n) is 2.31. The molecule has 1 aliphatic heterocycles. The van der Waals surface area contributed by atoms with Gasteiger partial charge < -0.3 is 20.1 Å². The van der Waals surface area contributed by atoms with Crippen LogP contribution in [0.1, 0.15) is 5.56 Å². The van der Waals surface area contributed by atoms with Crippen molar-refractivity contribution in [1.29, 1.82) is 0 Å². The van der Waals surface area contributed by atoms with Crippen LogP contribution in [-0.2, 0) is 15.7 Å². The van der Waals surface area contributed by atoms with Gasteiger partial charge in [0.05, 0.1) is 42.5 Å². The third kappa shape index (κ3) is 5.29. The lowest BCUT2D eigenvalue weighted by molar-refractivity contribution is -0.137. The van der Waals surface area contributed by atoms with Crippen LogP contribution in [0.3, 0.4) is 0 Å². The van der Waals surface area contributed by atoms with Crippen LogP contribution in [0.5, 0.6) is 0 Å². The molecule has 134 valence electrons. The van der Waals surface area contributed by atoms with Crippen molar-refractivity contribution in [3.8, 4) is 0 Å². The molecule has 2 rings (SSSR count). The molecule has 24 heavy (non-hydrogen) atoms. The summed E-state index contributed by atoms with van der Waals surface area (Å²) >= 11 is 1.21. The molecule has 2 N–H and O–H groups in total. The number of morpholine rings is 1. The van der Waals surface area contributed by atoms with Gasteiger partial charge in [0, 0.05) is 18.8 Å². The molecular weight excluding hydrogens is 345 g/mol. The van der Waals surface area contributed by atoms with Crippen molar-refractivity contribution in [2.75, 3.05) is 54.6 Å². The van der Waals surface area contributed by atoms with Crippen molar-refractivity contribution in [3.63, 3.8) is 0 Å². The lowest BCUT2D eigenvalue weighted by Crippen LogP contribution is -2.37. The number of hydrogen-bond acceptors (Lipinski definition) is 5. The molecule has 0 spiro atoms. The number of rotatable bonds is 6. The maximum atomic E-state index is 12.9. The Labute approximate surface area is 142 Å². The summed E-state index contributed by atoms with van der Waals surface area (Å²) in [5.74, 6) is 0.0633. The number of anilines is 2. The van der Waals surface area contributed by atoms with Gasteiger partial charge in [-0.25, -0.2) is 0 Å². The maximum Gasteiger partial charge on any atom is 0.416 e. The molecule has 1 heterocycles. The van der Waals surface area contributed by atoms with Crippen molar-refractivity contribution >= 4 is 29.0 Å². The highest BCUT2D eigenvalue weighted by molar-refractivity contribution is 7.99. The van der Waals surface area contributed by atoms with Gasteiger partial charge in [0.1, 0.15) is 0 Å². The Morgan fingerprint density at radius 3 is 2.67 bits per heavy atom. The number of ether oxygens (including phenoxy) is 1. The van der Waals surface area contributed by atoms with Crippen LogP contribution in [0.15, 0.2) is 18.2 Å². The number of carbonyl (C=O) groups is 1. The van der Waals surface area contributed by atoms with Crippen LogP contribution in [0, 0.1) is 0 Å². The molecule has 1 aliphatic rings. The minimum Gasteiger partial charge on any atom is -0.396 e. The Morgan fingerprint density at radius 1 is 1.33 bits per heavy atom. The van der Waals surface area contributed by atoms with Gasteiger partial charge in [0.2, 0.25) is 5.91 Å². The lowest BCUT2D eigenvalue weighted by atomic mass is 10.1. The first-order valence-electron chi connectivity index (χ1n) is 7.44. The smallest absolute Gasteiger partial charge is 0.396 e. The van der Waals surface area contributed by atoms with E-state index in [-0.39, 0.29) is 18.0 Å². The summed E-state index contributed by atoms with van der Waals surface area (Å²) in [4.78, 5) is 13.8. The molecule has 9 heteroatoms. The molecule has 5 nitrogen and oxygen atoms in total. The number of aliphatic hydroxyl groups is 1. The molecule has 0 radical (unpaired) electrons. The number of benzene rings is 1. The topological polar surface area (TPSA) is 61.8 Å². The third-order valence-electron chi connectivity index (χ3n) is 3.42. The summed E-state index contributed by atoms with van der Waals surface area (Å²) in [6.07, 6.45) is -4.48. The minimum absolute atomic E-state index is 0.0550. The predicted octanol–water partition coefficient (Wildman–Crippen LogP) is 2.21. The van der Waals surface area contributed by atoms with Gasteiger partial charge in [-0.1, -0.05) is 0 Å². The SMILES string of the molecule is O=C(CSCCO)Nc1cc(C(F)(F)F)ccc1N1CCOCC1. The molecule has 1 fully saturated rings. The first-order valence-corrected chi connectivity index (χ1v) is 8.59. The highest BCUT2D eigenvalue weighted by Gasteiger charge is 2.31. The summed E-state index contributed by atoms with van der Waals surface area (Å²) in [6, 6.07) is 3.35. The fourth-order valence-corrected chi connectivity index (χ4v) is 2.84. The zero-order valence-corrected chi connectivity index (χ0v) is 13.8. The molecule has 1 amide bonds. The zero-order chi connectivity index (χ0) is 17.6. The van der Waals surface area contributed by atoms with Crippen LogP contribution < -0.4 is 10.2 Å². The van der Waals surface area contributed by atoms with E-state index < -0.39 is 17.6 Å². The summed E-state index contributed by atoms with van der Waals surface area (Å²) in [5, 5.41) is 11.3. The van der Waals surface area contributed by atoms with E-state index in [0.29, 0.717) is 37.7 Å². The molecule has 0 aliphatic carbocycles.